The zero-order chi connectivity index (χ0) is 37.7. The smallest absolute Gasteiger partial charge is 0.408 e. The van der Waals surface area contributed by atoms with Crippen molar-refractivity contribution in [1.29, 1.82) is 0 Å². The van der Waals surface area contributed by atoms with Crippen LogP contribution in [0.25, 0.3) is 0 Å². The Morgan fingerprint density at radius 3 is 2.41 bits per heavy atom. The average Bonchev–Trinajstić information content (AvgIpc) is 3.04. The van der Waals surface area contributed by atoms with Crippen molar-refractivity contribution in [2.45, 2.75) is 141 Å². The maximum Gasteiger partial charge on any atom is 0.408 e. The van der Waals surface area contributed by atoms with E-state index in [0.29, 0.717) is 24.2 Å². The lowest BCUT2D eigenvalue weighted by atomic mass is 9.79. The molecule has 16 nitrogen and oxygen atoms in total. The van der Waals surface area contributed by atoms with Crippen molar-refractivity contribution in [3.63, 3.8) is 0 Å². The molecule has 1 saturated carbocycles. The number of nitro groups is 1. The number of hydrogen-bond donors (Lipinski definition) is 5. The molecular formula is C35H53N3O13. The Morgan fingerprint density at radius 1 is 1.12 bits per heavy atom. The van der Waals surface area contributed by atoms with Gasteiger partial charge < -0.3 is 54.8 Å². The number of rotatable bonds is 12. The lowest BCUT2D eigenvalue weighted by molar-refractivity contribution is -0.384. The van der Waals surface area contributed by atoms with Crippen LogP contribution in [-0.4, -0.2) is 99.2 Å². The van der Waals surface area contributed by atoms with Gasteiger partial charge in [0.05, 0.1) is 41.5 Å². The molecule has 2 heterocycles. The van der Waals surface area contributed by atoms with Crippen LogP contribution in [0.15, 0.2) is 36.1 Å². The molecule has 1 aromatic carbocycles. The van der Waals surface area contributed by atoms with Gasteiger partial charge >= 0.3 is 12.1 Å². The average molecular weight is 724 g/mol. The number of nitro benzene ring substituents is 1. The predicted octanol–water partition coefficient (Wildman–Crippen LogP) is 2.93. The van der Waals surface area contributed by atoms with Gasteiger partial charge in [-0.25, -0.2) is 4.79 Å². The first kappa shape index (κ1) is 40.4. The molecule has 0 bridgehead atoms. The highest BCUT2D eigenvalue weighted by Crippen LogP contribution is 2.37. The molecular weight excluding hydrogens is 670 g/mol. The third-order valence-corrected chi connectivity index (χ3v) is 9.37. The van der Waals surface area contributed by atoms with Crippen LogP contribution in [0, 0.1) is 22.0 Å². The van der Waals surface area contributed by atoms with Crippen LogP contribution in [0.5, 0.6) is 0 Å². The largest absolute Gasteiger partial charge is 0.467 e. The van der Waals surface area contributed by atoms with Crippen LogP contribution in [0.4, 0.5) is 10.5 Å². The fourth-order valence-electron chi connectivity index (χ4n) is 6.69. The SMILES string of the molecule is CCC1C(O)C(OC2C(N)CC(C)C(OC3OC(CCC(=O)OCc4ccc([N+](=O)[O-])cc4)=CCC3NC(=O)OC(C)(C)C)C2O)OCC1(C)O. The summed E-state index contributed by atoms with van der Waals surface area (Å²) >= 11 is 0. The summed E-state index contributed by atoms with van der Waals surface area (Å²) in [6.45, 7) is 10.4. The zero-order valence-corrected chi connectivity index (χ0v) is 30.1. The molecule has 4 rings (SSSR count). The number of ether oxygens (including phenoxy) is 6. The quantitative estimate of drug-likeness (QED) is 0.119. The highest BCUT2D eigenvalue weighted by molar-refractivity contribution is 5.69. The minimum absolute atomic E-state index is 0.0434. The normalized spacial score (nSPS) is 34.1. The maximum atomic E-state index is 12.8. The Balaban J connectivity index is 1.42. The van der Waals surface area contributed by atoms with Gasteiger partial charge in [0.2, 0.25) is 6.29 Å². The molecule has 3 aliphatic rings. The molecule has 11 unspecified atom stereocenters. The van der Waals surface area contributed by atoms with Crippen LogP contribution in [0.2, 0.25) is 0 Å². The first-order valence-corrected chi connectivity index (χ1v) is 17.4. The molecule has 0 aromatic heterocycles. The van der Waals surface area contributed by atoms with Crippen molar-refractivity contribution in [2.75, 3.05) is 6.61 Å². The summed E-state index contributed by atoms with van der Waals surface area (Å²) in [6.07, 6.45) is -4.36. The number of nitrogens with one attached hydrogen (secondary N) is 1. The zero-order valence-electron chi connectivity index (χ0n) is 30.1. The van der Waals surface area contributed by atoms with E-state index in [1.54, 1.807) is 33.8 Å². The number of aliphatic hydroxyl groups excluding tert-OH is 2. The van der Waals surface area contributed by atoms with Gasteiger partial charge in [0.1, 0.15) is 30.5 Å². The van der Waals surface area contributed by atoms with Crippen molar-refractivity contribution in [2.24, 2.45) is 17.6 Å². The van der Waals surface area contributed by atoms with Gasteiger partial charge in [-0.1, -0.05) is 13.8 Å². The first-order chi connectivity index (χ1) is 23.9. The fourth-order valence-corrected chi connectivity index (χ4v) is 6.69. The molecule has 0 radical (unpaired) electrons. The number of carbonyl (C=O) groups is 2. The molecule has 2 aliphatic heterocycles. The van der Waals surface area contributed by atoms with Crippen LogP contribution in [0.1, 0.15) is 79.2 Å². The van der Waals surface area contributed by atoms with Crippen molar-refractivity contribution in [3.05, 3.63) is 51.8 Å². The van der Waals surface area contributed by atoms with Crippen LogP contribution < -0.4 is 11.1 Å². The van der Waals surface area contributed by atoms with E-state index in [-0.39, 0.29) is 44.1 Å². The van der Waals surface area contributed by atoms with Crippen molar-refractivity contribution < 1.29 is 58.3 Å². The van der Waals surface area contributed by atoms with E-state index in [4.69, 9.17) is 34.2 Å². The maximum absolute atomic E-state index is 12.8. The van der Waals surface area contributed by atoms with Crippen molar-refractivity contribution >= 4 is 17.7 Å². The third-order valence-electron chi connectivity index (χ3n) is 9.37. The number of amides is 1. The number of alkyl carbamates (subject to hydrolysis) is 1. The topological polar surface area (TPSA) is 231 Å². The fraction of sp³-hybridized carbons (Fsp3) is 0.714. The second-order valence-corrected chi connectivity index (χ2v) is 14.8. The van der Waals surface area contributed by atoms with Gasteiger partial charge in [0.25, 0.3) is 5.69 Å². The van der Waals surface area contributed by atoms with E-state index in [1.807, 2.05) is 13.8 Å². The summed E-state index contributed by atoms with van der Waals surface area (Å²) in [5.74, 6) is -0.924. The number of aliphatic hydroxyl groups is 3. The monoisotopic (exact) mass is 723 g/mol. The second-order valence-electron chi connectivity index (χ2n) is 14.8. The number of nitrogens with zero attached hydrogens (tertiary/aromatic N) is 1. The van der Waals surface area contributed by atoms with E-state index >= 15 is 0 Å². The van der Waals surface area contributed by atoms with Gasteiger partial charge in [-0.15, -0.1) is 0 Å². The number of carbonyl (C=O) groups excluding carboxylic acids is 2. The minimum atomic E-state index is -1.29. The summed E-state index contributed by atoms with van der Waals surface area (Å²) in [6, 6.07) is 4.32. The Morgan fingerprint density at radius 2 is 1.78 bits per heavy atom. The van der Waals surface area contributed by atoms with E-state index < -0.39 is 83.2 Å². The number of esters is 1. The number of non-ortho nitro benzene ring substituents is 1. The van der Waals surface area contributed by atoms with Crippen LogP contribution >= 0.6 is 0 Å². The molecule has 1 aromatic rings. The summed E-state index contributed by atoms with van der Waals surface area (Å²) < 4.78 is 35.2. The molecule has 1 saturated heterocycles. The van der Waals surface area contributed by atoms with Gasteiger partial charge in [-0.3, -0.25) is 14.9 Å². The Labute approximate surface area is 297 Å². The number of hydrogen-bond acceptors (Lipinski definition) is 14. The van der Waals surface area contributed by atoms with E-state index in [2.05, 4.69) is 5.32 Å². The highest BCUT2D eigenvalue weighted by atomic mass is 16.7. The van der Waals surface area contributed by atoms with E-state index in [1.165, 1.54) is 24.3 Å². The molecule has 1 amide bonds. The summed E-state index contributed by atoms with van der Waals surface area (Å²) in [7, 11) is 0. The van der Waals surface area contributed by atoms with Gasteiger partial charge in [0.15, 0.2) is 6.29 Å². The standard InChI is InChI=1S/C35H53N3O13/c1-7-23-27(40)32(47-18-35(23,6)43)50-30-24(36)16-19(2)29(28(30)41)49-31-25(37-33(42)51-34(3,4)5)14-12-22(48-31)13-15-26(39)46-17-20-8-10-21(11-9-20)38(44)45/h8-12,19,23-25,27-32,40-41,43H,7,13-18,36H2,1-6H3,(H,37,42). The van der Waals surface area contributed by atoms with Crippen LogP contribution in [0.3, 0.4) is 0 Å². The number of nitrogens with two attached hydrogens (primary N) is 1. The Kier molecular flexibility index (Phi) is 13.4. The molecule has 6 N–H and O–H groups in total. The van der Waals surface area contributed by atoms with Gasteiger partial charge in [0, 0.05) is 30.5 Å². The molecule has 2 fully saturated rings. The van der Waals surface area contributed by atoms with Crippen LogP contribution in [-0.2, 0) is 39.8 Å². The third kappa shape index (κ3) is 10.8. The Bertz CT molecular complexity index is 1380. The highest BCUT2D eigenvalue weighted by Gasteiger charge is 2.50. The predicted molar refractivity (Wildman–Crippen MR) is 181 cm³/mol. The molecule has 286 valence electrons. The van der Waals surface area contributed by atoms with Crippen molar-refractivity contribution in [1.82, 2.24) is 5.32 Å². The summed E-state index contributed by atoms with van der Waals surface area (Å²) in [5.41, 5.74) is 4.95. The summed E-state index contributed by atoms with van der Waals surface area (Å²) in [5, 5.41) is 47.0. The number of benzene rings is 1. The van der Waals surface area contributed by atoms with E-state index in [0.717, 1.165) is 0 Å². The lowest BCUT2D eigenvalue weighted by Crippen LogP contribution is -2.63. The molecule has 11 atom stereocenters. The number of allylic oxidation sites excluding steroid dienone is 1. The molecule has 1 aliphatic carbocycles. The Hall–Kier alpha value is -3.38. The molecule has 51 heavy (non-hydrogen) atoms. The second kappa shape index (κ2) is 17.0. The van der Waals surface area contributed by atoms with E-state index in [9.17, 15) is 35.0 Å². The molecule has 0 spiro atoms. The van der Waals surface area contributed by atoms with Gasteiger partial charge in [-0.2, -0.15) is 0 Å². The first-order valence-electron chi connectivity index (χ1n) is 17.4. The van der Waals surface area contributed by atoms with Crippen molar-refractivity contribution in [3.8, 4) is 0 Å². The molecule has 16 heteroatoms. The lowest BCUT2D eigenvalue weighted by Gasteiger charge is -2.48. The summed E-state index contributed by atoms with van der Waals surface area (Å²) in [4.78, 5) is 35.7. The minimum Gasteiger partial charge on any atom is -0.467 e. The van der Waals surface area contributed by atoms with Gasteiger partial charge in [-0.05, 0) is 76.6 Å².